The summed E-state index contributed by atoms with van der Waals surface area (Å²) < 4.78 is 2.45. The third kappa shape index (κ3) is 4.18. The normalized spacial score (nSPS) is 14.8. The summed E-state index contributed by atoms with van der Waals surface area (Å²) >= 11 is 0. The molecule has 1 saturated carbocycles. The summed E-state index contributed by atoms with van der Waals surface area (Å²) in [4.78, 5) is 36.6. The smallest absolute Gasteiger partial charge is 0.270 e. The van der Waals surface area contributed by atoms with Gasteiger partial charge in [0.15, 0.2) is 5.56 Å². The van der Waals surface area contributed by atoms with Crippen LogP contribution >= 0.6 is 0 Å². The van der Waals surface area contributed by atoms with E-state index >= 15 is 0 Å². The molecular weight excluding hydrogens is 374 g/mol. The van der Waals surface area contributed by atoms with Crippen molar-refractivity contribution in [2.24, 2.45) is 17.6 Å². The van der Waals surface area contributed by atoms with Crippen molar-refractivity contribution >= 4 is 23.5 Å². The van der Waals surface area contributed by atoms with Gasteiger partial charge in [-0.3, -0.25) is 19.0 Å². The second kappa shape index (κ2) is 7.38. The Balaban J connectivity index is 1.98. The first-order valence-electron chi connectivity index (χ1n) is 9.67. The number of nitrogens with two attached hydrogens (primary N) is 1. The number of hydrogen-bond donors (Lipinski definition) is 3. The first-order valence-corrected chi connectivity index (χ1v) is 9.67. The number of nitrogens with zero attached hydrogens (tertiary/aromatic N) is 3. The molecule has 0 bridgehead atoms. The van der Waals surface area contributed by atoms with Gasteiger partial charge >= 0.3 is 0 Å². The van der Waals surface area contributed by atoms with Crippen molar-refractivity contribution in [1.82, 2.24) is 19.5 Å². The van der Waals surface area contributed by atoms with Crippen molar-refractivity contribution in [2.45, 2.75) is 52.6 Å². The highest BCUT2D eigenvalue weighted by Crippen LogP contribution is 2.39. The number of hydrogen-bond acceptors (Lipinski definition) is 5. The van der Waals surface area contributed by atoms with Gasteiger partial charge in [-0.1, -0.05) is 13.8 Å². The second-order valence-electron chi connectivity index (χ2n) is 8.53. The number of carbonyl (C=O) groups excluding carboxylic acids is 2. The summed E-state index contributed by atoms with van der Waals surface area (Å²) in [6.07, 6.45) is 5.08. The van der Waals surface area contributed by atoms with E-state index in [0.717, 1.165) is 17.4 Å². The summed E-state index contributed by atoms with van der Waals surface area (Å²) in [5.74, 6) is -1.30. The predicted molar refractivity (Wildman–Crippen MR) is 108 cm³/mol. The van der Waals surface area contributed by atoms with Gasteiger partial charge < -0.3 is 16.2 Å². The van der Waals surface area contributed by atoms with E-state index in [1.807, 2.05) is 27.7 Å². The third-order valence-corrected chi connectivity index (χ3v) is 5.11. The van der Waals surface area contributed by atoms with Crippen LogP contribution in [0.1, 0.15) is 56.6 Å². The fourth-order valence-corrected chi connectivity index (χ4v) is 3.44. The molecule has 2 amide bonds. The van der Waals surface area contributed by atoms with Crippen molar-refractivity contribution in [3.05, 3.63) is 33.8 Å². The molecule has 2 aromatic rings. The Kier molecular flexibility index (Phi) is 5.25. The van der Waals surface area contributed by atoms with Crippen LogP contribution in [0, 0.1) is 11.8 Å². The monoisotopic (exact) mass is 401 g/mol. The number of fused-ring (bicyclic) bond motifs is 1. The van der Waals surface area contributed by atoms with Crippen LogP contribution in [0.15, 0.2) is 16.9 Å². The van der Waals surface area contributed by atoms with Gasteiger partial charge in [0, 0.05) is 24.2 Å². The first-order chi connectivity index (χ1) is 13.5. The van der Waals surface area contributed by atoms with Crippen molar-refractivity contribution in [2.75, 3.05) is 0 Å². The zero-order valence-corrected chi connectivity index (χ0v) is 17.1. The molecule has 3 rings (SSSR count). The predicted octanol–water partition coefficient (Wildman–Crippen LogP) is 1.27. The minimum atomic E-state index is -1.03. The van der Waals surface area contributed by atoms with Gasteiger partial charge in [-0.2, -0.15) is 9.61 Å². The highest BCUT2D eigenvalue weighted by atomic mass is 16.3. The largest absolute Gasteiger partial charge is 0.492 e. The molecule has 4 N–H and O–H groups in total. The summed E-state index contributed by atoms with van der Waals surface area (Å²) in [7, 11) is 0. The summed E-state index contributed by atoms with van der Waals surface area (Å²) in [6, 6.07) is 1.57. The minimum Gasteiger partial charge on any atom is -0.492 e. The van der Waals surface area contributed by atoms with Gasteiger partial charge in [-0.15, -0.1) is 0 Å². The zero-order chi connectivity index (χ0) is 21.5. The van der Waals surface area contributed by atoms with E-state index in [0.29, 0.717) is 23.8 Å². The van der Waals surface area contributed by atoms with Crippen LogP contribution < -0.4 is 16.6 Å². The van der Waals surface area contributed by atoms with E-state index in [-0.39, 0.29) is 17.4 Å². The van der Waals surface area contributed by atoms with E-state index < -0.39 is 22.9 Å². The van der Waals surface area contributed by atoms with Gasteiger partial charge in [-0.05, 0) is 44.6 Å². The maximum Gasteiger partial charge on any atom is 0.270 e. The standard InChI is InChI=1S/C20H27N5O4/c1-11(2)10-24-15-9-13(7-8-14(26)22-20(3,4)12-5-6-12)23-25(15)19(29)16(17(21)27)18(24)28/h7-9,11-12,29H,5-6,10H2,1-4H3,(H2,21,27)(H,22,26). The lowest BCUT2D eigenvalue weighted by Gasteiger charge is -2.25. The lowest BCUT2D eigenvalue weighted by atomic mass is 9.99. The van der Waals surface area contributed by atoms with Gasteiger partial charge in [0.25, 0.3) is 11.5 Å². The number of nitrogens with one attached hydrogen (secondary N) is 1. The Morgan fingerprint density at radius 3 is 2.62 bits per heavy atom. The van der Waals surface area contributed by atoms with Crippen molar-refractivity contribution < 1.29 is 14.7 Å². The van der Waals surface area contributed by atoms with Crippen molar-refractivity contribution in [1.29, 1.82) is 0 Å². The Labute approximate surface area is 168 Å². The van der Waals surface area contributed by atoms with Crippen LogP contribution in [0.2, 0.25) is 0 Å². The molecule has 156 valence electrons. The highest BCUT2D eigenvalue weighted by Gasteiger charge is 2.38. The number of aromatic hydroxyl groups is 1. The molecule has 0 spiro atoms. The van der Waals surface area contributed by atoms with E-state index in [9.17, 15) is 19.5 Å². The topological polar surface area (TPSA) is 132 Å². The minimum absolute atomic E-state index is 0.103. The molecule has 29 heavy (non-hydrogen) atoms. The Hall–Kier alpha value is -3.10. The molecule has 0 radical (unpaired) electrons. The molecular formula is C20H27N5O4. The molecule has 2 heterocycles. The molecule has 1 aliphatic rings. The molecule has 1 fully saturated rings. The lowest BCUT2D eigenvalue weighted by molar-refractivity contribution is -0.118. The fourth-order valence-electron chi connectivity index (χ4n) is 3.44. The number of rotatable bonds is 7. The van der Waals surface area contributed by atoms with Crippen LogP contribution in [0.25, 0.3) is 11.7 Å². The quantitative estimate of drug-likeness (QED) is 0.601. The Bertz CT molecular complexity index is 1060. The number of aromatic nitrogens is 3. The van der Waals surface area contributed by atoms with Gasteiger partial charge in [0.1, 0.15) is 5.65 Å². The van der Waals surface area contributed by atoms with E-state index in [1.54, 1.807) is 6.07 Å². The van der Waals surface area contributed by atoms with Crippen LogP contribution in [-0.2, 0) is 11.3 Å². The van der Waals surface area contributed by atoms with Crippen molar-refractivity contribution in [3.63, 3.8) is 0 Å². The Morgan fingerprint density at radius 2 is 2.07 bits per heavy atom. The fraction of sp³-hybridized carbons (Fsp3) is 0.500. The van der Waals surface area contributed by atoms with Crippen LogP contribution in [-0.4, -0.2) is 36.6 Å². The molecule has 2 aromatic heterocycles. The molecule has 9 heteroatoms. The maximum absolute atomic E-state index is 12.7. The van der Waals surface area contributed by atoms with Crippen molar-refractivity contribution in [3.8, 4) is 5.88 Å². The summed E-state index contributed by atoms with van der Waals surface area (Å²) in [5.41, 5.74) is 4.49. The average molecular weight is 401 g/mol. The van der Waals surface area contributed by atoms with Crippen LogP contribution in [0.5, 0.6) is 5.88 Å². The average Bonchev–Trinajstić information content (AvgIpc) is 3.37. The number of amides is 2. The van der Waals surface area contributed by atoms with Gasteiger partial charge in [-0.25, -0.2) is 0 Å². The second-order valence-corrected chi connectivity index (χ2v) is 8.53. The molecule has 0 saturated heterocycles. The molecule has 9 nitrogen and oxygen atoms in total. The SMILES string of the molecule is CC(C)Cn1c(=O)c(C(N)=O)c(O)n2nc(C=CC(=O)NC(C)(C)C3CC3)cc12. The number of primary amides is 1. The van der Waals surface area contributed by atoms with E-state index in [4.69, 9.17) is 5.73 Å². The molecule has 0 atom stereocenters. The van der Waals surface area contributed by atoms with E-state index in [1.165, 1.54) is 16.7 Å². The Morgan fingerprint density at radius 1 is 1.41 bits per heavy atom. The highest BCUT2D eigenvalue weighted by molar-refractivity contribution is 5.95. The van der Waals surface area contributed by atoms with Gasteiger partial charge in [0.2, 0.25) is 11.8 Å². The first kappa shape index (κ1) is 20.6. The lowest BCUT2D eigenvalue weighted by Crippen LogP contribution is -2.44. The molecule has 0 aromatic carbocycles. The molecule has 1 aliphatic carbocycles. The van der Waals surface area contributed by atoms with Gasteiger partial charge in [0.05, 0.1) is 5.69 Å². The number of carbonyl (C=O) groups is 2. The van der Waals surface area contributed by atoms with Crippen LogP contribution in [0.4, 0.5) is 0 Å². The third-order valence-electron chi connectivity index (χ3n) is 5.11. The molecule has 0 unspecified atom stereocenters. The zero-order valence-electron chi connectivity index (χ0n) is 17.1. The summed E-state index contributed by atoms with van der Waals surface area (Å²) in [6.45, 7) is 8.14. The van der Waals surface area contributed by atoms with Crippen LogP contribution in [0.3, 0.4) is 0 Å². The molecule has 0 aliphatic heterocycles. The summed E-state index contributed by atoms with van der Waals surface area (Å²) in [5, 5.41) is 17.5. The maximum atomic E-state index is 12.7. The van der Waals surface area contributed by atoms with E-state index in [2.05, 4.69) is 10.4 Å².